The van der Waals surface area contributed by atoms with Crippen molar-refractivity contribution in [2.75, 3.05) is 18.6 Å². The lowest BCUT2D eigenvalue weighted by Gasteiger charge is -2.06. The van der Waals surface area contributed by atoms with Crippen LogP contribution < -0.4 is 10.5 Å². The Morgan fingerprint density at radius 1 is 1.32 bits per heavy atom. The van der Waals surface area contributed by atoms with Crippen LogP contribution in [0.15, 0.2) is 41.6 Å². The minimum Gasteiger partial charge on any atom is -0.492 e. The molecule has 0 unspecified atom stereocenters. The molecule has 0 bridgehead atoms. The van der Waals surface area contributed by atoms with Gasteiger partial charge in [0.25, 0.3) is 0 Å². The summed E-state index contributed by atoms with van der Waals surface area (Å²) in [6.07, 6.45) is 4.46. The van der Waals surface area contributed by atoms with Gasteiger partial charge in [0, 0.05) is 12.5 Å². The van der Waals surface area contributed by atoms with E-state index in [1.807, 2.05) is 0 Å². The standard InChI is InChI=1S/C12H15N3O3S/c1-19(16,17)12-4-2-11(3-5-12)18-7-6-15-9-10(13)8-14-15/h2-5,8-9H,6-7,13H2,1H3. The van der Waals surface area contributed by atoms with Crippen LogP contribution in [0.2, 0.25) is 0 Å². The molecule has 7 heteroatoms. The summed E-state index contributed by atoms with van der Waals surface area (Å²) < 4.78 is 29.7. The molecule has 2 N–H and O–H groups in total. The molecule has 1 heterocycles. The third-order valence-corrected chi connectivity index (χ3v) is 3.62. The van der Waals surface area contributed by atoms with Crippen molar-refractivity contribution in [3.8, 4) is 5.75 Å². The summed E-state index contributed by atoms with van der Waals surface area (Å²) in [6.45, 7) is 1.00. The number of nitrogens with two attached hydrogens (primary N) is 1. The van der Waals surface area contributed by atoms with E-state index >= 15 is 0 Å². The lowest BCUT2D eigenvalue weighted by Crippen LogP contribution is -2.08. The summed E-state index contributed by atoms with van der Waals surface area (Å²) in [4.78, 5) is 0.277. The molecular weight excluding hydrogens is 266 g/mol. The van der Waals surface area contributed by atoms with Crippen LogP contribution >= 0.6 is 0 Å². The molecule has 0 aliphatic heterocycles. The van der Waals surface area contributed by atoms with Crippen molar-refractivity contribution in [2.45, 2.75) is 11.4 Å². The molecule has 0 aliphatic rings. The number of nitrogen functional groups attached to an aromatic ring is 1. The molecule has 0 spiro atoms. The average Bonchev–Trinajstić information content (AvgIpc) is 2.75. The van der Waals surface area contributed by atoms with Gasteiger partial charge in [0.1, 0.15) is 12.4 Å². The maximum atomic E-state index is 11.3. The number of aromatic nitrogens is 2. The second kappa shape index (κ2) is 5.31. The number of sulfone groups is 1. The van der Waals surface area contributed by atoms with Gasteiger partial charge in [0.05, 0.1) is 23.3 Å². The first-order valence-corrected chi connectivity index (χ1v) is 7.55. The van der Waals surface area contributed by atoms with Gasteiger partial charge in [-0.25, -0.2) is 8.42 Å². The Kier molecular flexibility index (Phi) is 3.75. The molecule has 0 fully saturated rings. The van der Waals surface area contributed by atoms with Crippen molar-refractivity contribution in [3.05, 3.63) is 36.7 Å². The fraction of sp³-hybridized carbons (Fsp3) is 0.250. The molecule has 1 aromatic heterocycles. The Balaban J connectivity index is 1.90. The average molecular weight is 281 g/mol. The van der Waals surface area contributed by atoms with E-state index in [2.05, 4.69) is 5.10 Å². The van der Waals surface area contributed by atoms with Gasteiger partial charge in [-0.1, -0.05) is 0 Å². The summed E-state index contributed by atoms with van der Waals surface area (Å²) in [5.41, 5.74) is 6.15. The highest BCUT2D eigenvalue weighted by Gasteiger charge is 2.06. The molecule has 6 nitrogen and oxygen atoms in total. The first-order chi connectivity index (χ1) is 8.95. The number of ether oxygens (including phenoxy) is 1. The first kappa shape index (κ1) is 13.4. The van der Waals surface area contributed by atoms with Crippen molar-refractivity contribution >= 4 is 15.5 Å². The van der Waals surface area contributed by atoms with E-state index in [0.29, 0.717) is 24.6 Å². The molecule has 1 aromatic carbocycles. The van der Waals surface area contributed by atoms with Crippen molar-refractivity contribution in [3.63, 3.8) is 0 Å². The summed E-state index contributed by atoms with van der Waals surface area (Å²) in [5.74, 6) is 0.618. The maximum absolute atomic E-state index is 11.3. The van der Waals surface area contributed by atoms with Crippen molar-refractivity contribution in [2.24, 2.45) is 0 Å². The fourth-order valence-corrected chi connectivity index (χ4v) is 2.17. The monoisotopic (exact) mass is 281 g/mol. The normalized spacial score (nSPS) is 11.4. The molecule has 0 amide bonds. The largest absolute Gasteiger partial charge is 0.492 e. The van der Waals surface area contributed by atoms with Crippen LogP contribution in [-0.2, 0) is 16.4 Å². The fourth-order valence-electron chi connectivity index (χ4n) is 1.54. The Labute approximate surface area is 111 Å². The summed E-state index contributed by atoms with van der Waals surface area (Å²) >= 11 is 0. The summed E-state index contributed by atoms with van der Waals surface area (Å²) in [7, 11) is -3.16. The van der Waals surface area contributed by atoms with Gasteiger partial charge in [0.15, 0.2) is 9.84 Å². The van der Waals surface area contributed by atoms with Crippen LogP contribution in [-0.4, -0.2) is 31.1 Å². The van der Waals surface area contributed by atoms with Gasteiger partial charge < -0.3 is 10.5 Å². The van der Waals surface area contributed by atoms with Gasteiger partial charge >= 0.3 is 0 Å². The zero-order valence-corrected chi connectivity index (χ0v) is 11.3. The smallest absolute Gasteiger partial charge is 0.175 e. The van der Waals surface area contributed by atoms with E-state index in [0.717, 1.165) is 0 Å². The molecular formula is C12H15N3O3S. The third-order valence-electron chi connectivity index (χ3n) is 2.49. The molecule has 0 aliphatic carbocycles. The maximum Gasteiger partial charge on any atom is 0.175 e. The van der Waals surface area contributed by atoms with Crippen molar-refractivity contribution in [1.82, 2.24) is 9.78 Å². The minimum absolute atomic E-state index is 0.277. The van der Waals surface area contributed by atoms with E-state index in [9.17, 15) is 8.42 Å². The van der Waals surface area contributed by atoms with Crippen LogP contribution in [0.1, 0.15) is 0 Å². The van der Waals surface area contributed by atoms with Gasteiger partial charge in [-0.2, -0.15) is 5.10 Å². The zero-order chi connectivity index (χ0) is 13.9. The van der Waals surface area contributed by atoms with Crippen LogP contribution in [0.25, 0.3) is 0 Å². The van der Waals surface area contributed by atoms with Crippen LogP contribution in [0, 0.1) is 0 Å². The Morgan fingerprint density at radius 2 is 2.00 bits per heavy atom. The van der Waals surface area contributed by atoms with Gasteiger partial charge in [-0.15, -0.1) is 0 Å². The first-order valence-electron chi connectivity index (χ1n) is 5.66. The highest BCUT2D eigenvalue weighted by Crippen LogP contribution is 2.15. The number of hydrogen-bond acceptors (Lipinski definition) is 5. The predicted molar refractivity (Wildman–Crippen MR) is 71.7 cm³/mol. The van der Waals surface area contributed by atoms with E-state index in [-0.39, 0.29) is 4.90 Å². The van der Waals surface area contributed by atoms with E-state index < -0.39 is 9.84 Å². The third kappa shape index (κ3) is 3.72. The lowest BCUT2D eigenvalue weighted by molar-refractivity contribution is 0.291. The molecule has 102 valence electrons. The van der Waals surface area contributed by atoms with Gasteiger partial charge in [-0.05, 0) is 24.3 Å². The van der Waals surface area contributed by atoms with Crippen LogP contribution in [0.5, 0.6) is 5.75 Å². The van der Waals surface area contributed by atoms with E-state index in [1.54, 1.807) is 29.2 Å². The van der Waals surface area contributed by atoms with E-state index in [1.165, 1.54) is 18.4 Å². The molecule has 0 atom stereocenters. The molecule has 2 rings (SSSR count). The molecule has 0 radical (unpaired) electrons. The van der Waals surface area contributed by atoms with E-state index in [4.69, 9.17) is 10.5 Å². The number of anilines is 1. The molecule has 19 heavy (non-hydrogen) atoms. The SMILES string of the molecule is CS(=O)(=O)c1ccc(OCCn2cc(N)cn2)cc1. The molecule has 0 saturated heterocycles. The van der Waals surface area contributed by atoms with Gasteiger partial charge in [-0.3, -0.25) is 4.68 Å². The topological polar surface area (TPSA) is 87.2 Å². The Bertz CT molecular complexity index is 647. The number of nitrogens with zero attached hydrogens (tertiary/aromatic N) is 2. The number of rotatable bonds is 5. The Morgan fingerprint density at radius 3 is 2.53 bits per heavy atom. The van der Waals surface area contributed by atoms with Crippen molar-refractivity contribution < 1.29 is 13.2 Å². The number of benzene rings is 1. The second-order valence-electron chi connectivity index (χ2n) is 4.13. The Hall–Kier alpha value is -2.02. The second-order valence-corrected chi connectivity index (χ2v) is 6.14. The van der Waals surface area contributed by atoms with Crippen LogP contribution in [0.3, 0.4) is 0 Å². The number of hydrogen-bond donors (Lipinski definition) is 1. The lowest BCUT2D eigenvalue weighted by atomic mass is 10.3. The quantitative estimate of drug-likeness (QED) is 0.881. The zero-order valence-electron chi connectivity index (χ0n) is 10.5. The summed E-state index contributed by atoms with van der Waals surface area (Å²) in [6, 6.07) is 6.31. The molecule has 0 saturated carbocycles. The minimum atomic E-state index is -3.16. The molecule has 2 aromatic rings. The van der Waals surface area contributed by atoms with Gasteiger partial charge in [0.2, 0.25) is 0 Å². The van der Waals surface area contributed by atoms with Crippen LogP contribution in [0.4, 0.5) is 5.69 Å². The highest BCUT2D eigenvalue weighted by atomic mass is 32.2. The summed E-state index contributed by atoms with van der Waals surface area (Å²) in [5, 5.41) is 4.03. The predicted octanol–water partition coefficient (Wildman–Crippen LogP) is 0.948. The highest BCUT2D eigenvalue weighted by molar-refractivity contribution is 7.90. The van der Waals surface area contributed by atoms with Crippen molar-refractivity contribution in [1.29, 1.82) is 0 Å².